The lowest BCUT2D eigenvalue weighted by Crippen LogP contribution is -2.00. The molecule has 1 heterocycles. The second-order valence-electron chi connectivity index (χ2n) is 3.53. The second-order valence-corrected chi connectivity index (χ2v) is 3.53. The fraction of sp³-hybridized carbons (Fsp3) is 0.200. The van der Waals surface area contributed by atoms with Gasteiger partial charge in [0.05, 0.1) is 16.1 Å². The summed E-state index contributed by atoms with van der Waals surface area (Å²) in [5, 5.41) is 11.5. The first-order valence-electron chi connectivity index (χ1n) is 4.68. The summed E-state index contributed by atoms with van der Waals surface area (Å²) in [6.07, 6.45) is 0. The van der Waals surface area contributed by atoms with Gasteiger partial charge in [-0.05, 0) is 19.9 Å². The van der Waals surface area contributed by atoms with Gasteiger partial charge in [0, 0.05) is 17.0 Å². The van der Waals surface area contributed by atoms with Crippen LogP contribution in [-0.4, -0.2) is 14.9 Å². The maximum absolute atomic E-state index is 10.8. The number of nitro groups is 1. The fourth-order valence-electron chi connectivity index (χ4n) is 1.81. The largest absolute Gasteiger partial charge is 0.368 e. The van der Waals surface area contributed by atoms with E-state index in [9.17, 15) is 10.1 Å². The lowest BCUT2D eigenvalue weighted by Gasteiger charge is -2.05. The minimum atomic E-state index is -0.412. The molecule has 0 radical (unpaired) electrons. The Hall–Kier alpha value is -2.24. The Labute approximate surface area is 91.3 Å². The Morgan fingerprint density at radius 3 is 2.62 bits per heavy atom. The van der Waals surface area contributed by atoms with Gasteiger partial charge >= 0.3 is 0 Å². The summed E-state index contributed by atoms with van der Waals surface area (Å²) >= 11 is 0. The SMILES string of the molecule is Cc1nc(N)nc2ccc([N+](=O)[O-])c(C)c12. The fourth-order valence-corrected chi connectivity index (χ4v) is 1.81. The van der Waals surface area contributed by atoms with E-state index in [1.807, 2.05) is 0 Å². The Morgan fingerprint density at radius 2 is 2.00 bits per heavy atom. The second kappa shape index (κ2) is 3.41. The Kier molecular flexibility index (Phi) is 2.19. The molecule has 0 unspecified atom stereocenters. The molecule has 16 heavy (non-hydrogen) atoms. The molecule has 0 aliphatic rings. The van der Waals surface area contributed by atoms with E-state index in [0.717, 1.165) is 0 Å². The summed E-state index contributed by atoms with van der Waals surface area (Å²) in [5.41, 5.74) is 7.45. The van der Waals surface area contributed by atoms with Crippen LogP contribution in [0, 0.1) is 24.0 Å². The molecule has 6 nitrogen and oxygen atoms in total. The van der Waals surface area contributed by atoms with Crippen LogP contribution in [0.15, 0.2) is 12.1 Å². The van der Waals surface area contributed by atoms with Gasteiger partial charge in [0.2, 0.25) is 5.95 Å². The van der Waals surface area contributed by atoms with E-state index in [1.165, 1.54) is 6.07 Å². The van der Waals surface area contributed by atoms with Crippen molar-refractivity contribution in [2.24, 2.45) is 0 Å². The number of hydrogen-bond acceptors (Lipinski definition) is 5. The average molecular weight is 218 g/mol. The quantitative estimate of drug-likeness (QED) is 0.581. The third-order valence-electron chi connectivity index (χ3n) is 2.49. The lowest BCUT2D eigenvalue weighted by atomic mass is 10.1. The predicted molar refractivity (Wildman–Crippen MR) is 60.1 cm³/mol. The van der Waals surface area contributed by atoms with Gasteiger partial charge in [-0.25, -0.2) is 9.97 Å². The van der Waals surface area contributed by atoms with Gasteiger partial charge in [0.1, 0.15) is 0 Å². The maximum Gasteiger partial charge on any atom is 0.273 e. The van der Waals surface area contributed by atoms with Crippen LogP contribution >= 0.6 is 0 Å². The topological polar surface area (TPSA) is 94.9 Å². The van der Waals surface area contributed by atoms with Crippen LogP contribution in [0.5, 0.6) is 0 Å². The minimum Gasteiger partial charge on any atom is -0.368 e. The summed E-state index contributed by atoms with van der Waals surface area (Å²) < 4.78 is 0. The molecule has 0 bridgehead atoms. The maximum atomic E-state index is 10.8. The predicted octanol–water partition coefficient (Wildman–Crippen LogP) is 1.74. The van der Waals surface area contributed by atoms with Gasteiger partial charge in [0.15, 0.2) is 0 Å². The molecule has 2 N–H and O–H groups in total. The number of nitrogen functional groups attached to an aromatic ring is 1. The Morgan fingerprint density at radius 1 is 1.31 bits per heavy atom. The molecule has 1 aromatic carbocycles. The van der Waals surface area contributed by atoms with Crippen molar-refractivity contribution in [3.05, 3.63) is 33.5 Å². The molecule has 82 valence electrons. The normalized spacial score (nSPS) is 10.6. The number of rotatable bonds is 1. The van der Waals surface area contributed by atoms with Gasteiger partial charge in [-0.1, -0.05) is 0 Å². The molecular weight excluding hydrogens is 208 g/mol. The zero-order chi connectivity index (χ0) is 11.9. The van der Waals surface area contributed by atoms with E-state index in [4.69, 9.17) is 5.73 Å². The zero-order valence-corrected chi connectivity index (χ0v) is 8.89. The van der Waals surface area contributed by atoms with E-state index >= 15 is 0 Å². The molecule has 2 rings (SSSR count). The van der Waals surface area contributed by atoms with E-state index in [1.54, 1.807) is 19.9 Å². The number of nitro benzene ring substituents is 1. The highest BCUT2D eigenvalue weighted by Gasteiger charge is 2.15. The monoisotopic (exact) mass is 218 g/mol. The van der Waals surface area contributed by atoms with Crippen LogP contribution < -0.4 is 5.73 Å². The summed E-state index contributed by atoms with van der Waals surface area (Å²) in [6, 6.07) is 3.02. The number of anilines is 1. The van der Waals surface area contributed by atoms with Crippen molar-refractivity contribution in [1.82, 2.24) is 9.97 Å². The molecule has 6 heteroatoms. The molecule has 0 aliphatic heterocycles. The average Bonchev–Trinajstić information content (AvgIpc) is 2.15. The zero-order valence-electron chi connectivity index (χ0n) is 8.89. The van der Waals surface area contributed by atoms with Crippen molar-refractivity contribution in [2.75, 3.05) is 5.73 Å². The molecule has 0 atom stereocenters. The minimum absolute atomic E-state index is 0.0731. The van der Waals surface area contributed by atoms with Crippen LogP contribution in [0.4, 0.5) is 11.6 Å². The summed E-state index contributed by atoms with van der Waals surface area (Å²) in [5.74, 6) is 0.179. The first-order valence-corrected chi connectivity index (χ1v) is 4.68. The van der Waals surface area contributed by atoms with Gasteiger partial charge in [-0.2, -0.15) is 0 Å². The molecule has 0 saturated heterocycles. The van der Waals surface area contributed by atoms with E-state index in [0.29, 0.717) is 22.2 Å². The van der Waals surface area contributed by atoms with E-state index in [-0.39, 0.29) is 11.6 Å². The van der Waals surface area contributed by atoms with E-state index < -0.39 is 4.92 Å². The highest BCUT2D eigenvalue weighted by atomic mass is 16.6. The number of aryl methyl sites for hydroxylation is 2. The molecule has 0 saturated carbocycles. The van der Waals surface area contributed by atoms with Crippen molar-refractivity contribution in [3.63, 3.8) is 0 Å². The number of fused-ring (bicyclic) bond motifs is 1. The molecule has 0 aliphatic carbocycles. The number of hydrogen-bond donors (Lipinski definition) is 1. The summed E-state index contributed by atoms with van der Waals surface area (Å²) in [4.78, 5) is 18.4. The summed E-state index contributed by atoms with van der Waals surface area (Å²) in [7, 11) is 0. The lowest BCUT2D eigenvalue weighted by molar-refractivity contribution is -0.385. The smallest absolute Gasteiger partial charge is 0.273 e. The standard InChI is InChI=1S/C10H10N4O2/c1-5-8(14(15)16)4-3-7-9(5)6(2)12-10(11)13-7/h3-4H,1-2H3,(H2,11,12,13). The number of nitrogens with two attached hydrogens (primary N) is 1. The van der Waals surface area contributed by atoms with Crippen LogP contribution in [-0.2, 0) is 0 Å². The third kappa shape index (κ3) is 1.44. The van der Waals surface area contributed by atoms with Gasteiger partial charge < -0.3 is 5.73 Å². The van der Waals surface area contributed by atoms with Crippen molar-refractivity contribution in [1.29, 1.82) is 0 Å². The first kappa shape index (κ1) is 10.3. The van der Waals surface area contributed by atoms with Gasteiger partial charge in [-0.15, -0.1) is 0 Å². The summed E-state index contributed by atoms with van der Waals surface area (Å²) in [6.45, 7) is 3.45. The number of aromatic nitrogens is 2. The molecule has 0 spiro atoms. The highest BCUT2D eigenvalue weighted by molar-refractivity contribution is 5.88. The van der Waals surface area contributed by atoms with Crippen LogP contribution in [0.1, 0.15) is 11.3 Å². The highest BCUT2D eigenvalue weighted by Crippen LogP contribution is 2.27. The number of nitrogens with zero attached hydrogens (tertiary/aromatic N) is 3. The Balaban J connectivity index is 2.89. The van der Waals surface area contributed by atoms with Crippen molar-refractivity contribution >= 4 is 22.5 Å². The number of benzene rings is 1. The third-order valence-corrected chi connectivity index (χ3v) is 2.49. The molecule has 2 aromatic rings. The Bertz CT molecular complexity index is 595. The van der Waals surface area contributed by atoms with Crippen LogP contribution in [0.25, 0.3) is 10.9 Å². The molecule has 0 amide bonds. The molecule has 0 fully saturated rings. The first-order chi connectivity index (χ1) is 7.50. The van der Waals surface area contributed by atoms with Crippen LogP contribution in [0.3, 0.4) is 0 Å². The molecular formula is C10H10N4O2. The van der Waals surface area contributed by atoms with Gasteiger partial charge in [-0.3, -0.25) is 10.1 Å². The van der Waals surface area contributed by atoms with Gasteiger partial charge in [0.25, 0.3) is 5.69 Å². The van der Waals surface area contributed by atoms with Crippen molar-refractivity contribution in [3.8, 4) is 0 Å². The van der Waals surface area contributed by atoms with Crippen molar-refractivity contribution in [2.45, 2.75) is 13.8 Å². The molecule has 1 aromatic heterocycles. The van der Waals surface area contributed by atoms with E-state index in [2.05, 4.69) is 9.97 Å². The van der Waals surface area contributed by atoms with Crippen molar-refractivity contribution < 1.29 is 4.92 Å². The van der Waals surface area contributed by atoms with Crippen LogP contribution in [0.2, 0.25) is 0 Å².